The van der Waals surface area contributed by atoms with Crippen LogP contribution in [0, 0.1) is 0 Å². The molecule has 28 heavy (non-hydrogen) atoms. The second-order valence-electron chi connectivity index (χ2n) is 7.53. The van der Waals surface area contributed by atoms with Crippen molar-refractivity contribution in [2.75, 3.05) is 26.2 Å². The van der Waals surface area contributed by atoms with Crippen molar-refractivity contribution in [2.45, 2.75) is 44.6 Å². The molecule has 0 radical (unpaired) electrons. The lowest BCUT2D eigenvalue weighted by Crippen LogP contribution is -2.53. The fourth-order valence-corrected chi connectivity index (χ4v) is 4.05. The van der Waals surface area contributed by atoms with Crippen molar-refractivity contribution in [1.82, 2.24) is 9.80 Å². The highest BCUT2D eigenvalue weighted by Crippen LogP contribution is 2.36. The Morgan fingerprint density at radius 2 is 1.79 bits per heavy atom. The van der Waals surface area contributed by atoms with Crippen LogP contribution >= 0.6 is 0 Å². The molecule has 2 saturated heterocycles. The van der Waals surface area contributed by atoms with E-state index in [4.69, 9.17) is 4.74 Å². The van der Waals surface area contributed by atoms with Gasteiger partial charge in [-0.15, -0.1) is 0 Å². The zero-order chi connectivity index (χ0) is 20.3. The fraction of sp³-hybridized carbons (Fsp3) is 0.550. The number of phenols is 2. The second-order valence-corrected chi connectivity index (χ2v) is 7.53. The van der Waals surface area contributed by atoms with Crippen molar-refractivity contribution in [3.8, 4) is 11.5 Å². The van der Waals surface area contributed by atoms with Crippen LogP contribution in [0.2, 0.25) is 0 Å². The predicted molar refractivity (Wildman–Crippen MR) is 99.8 cm³/mol. The van der Waals surface area contributed by atoms with Crippen molar-refractivity contribution < 1.29 is 29.3 Å². The number of ether oxygens (including phenoxy) is 1. The van der Waals surface area contributed by atoms with E-state index < -0.39 is 11.5 Å². The first-order valence-electron chi connectivity index (χ1n) is 9.57. The van der Waals surface area contributed by atoms with E-state index in [1.807, 2.05) is 0 Å². The molecule has 8 nitrogen and oxygen atoms in total. The normalized spacial score (nSPS) is 21.8. The largest absolute Gasteiger partial charge is 0.504 e. The molecule has 0 saturated carbocycles. The predicted octanol–water partition coefficient (Wildman–Crippen LogP) is 1.65. The molecule has 152 valence electrons. The summed E-state index contributed by atoms with van der Waals surface area (Å²) < 4.78 is 5.26. The number of carbonyl (C=O) groups is 3. The van der Waals surface area contributed by atoms with Gasteiger partial charge in [-0.1, -0.05) is 0 Å². The number of aromatic hydroxyl groups is 2. The Morgan fingerprint density at radius 3 is 2.43 bits per heavy atom. The molecular formula is C20H26N2O6. The lowest BCUT2D eigenvalue weighted by Gasteiger charge is -2.38. The van der Waals surface area contributed by atoms with E-state index in [1.54, 1.807) is 9.80 Å². The van der Waals surface area contributed by atoms with Crippen LogP contribution in [0.5, 0.6) is 11.5 Å². The molecule has 0 aliphatic carbocycles. The molecule has 1 aromatic rings. The van der Waals surface area contributed by atoms with Crippen LogP contribution in [-0.4, -0.2) is 69.6 Å². The van der Waals surface area contributed by atoms with E-state index >= 15 is 0 Å². The first kappa shape index (κ1) is 20.0. The molecular weight excluding hydrogens is 364 g/mol. The summed E-state index contributed by atoms with van der Waals surface area (Å²) in [7, 11) is 0. The van der Waals surface area contributed by atoms with Crippen molar-refractivity contribution in [3.63, 3.8) is 0 Å². The minimum Gasteiger partial charge on any atom is -0.504 e. The van der Waals surface area contributed by atoms with E-state index in [1.165, 1.54) is 25.1 Å². The smallest absolute Gasteiger partial charge is 0.302 e. The number of amides is 2. The molecule has 2 N–H and O–H groups in total. The van der Waals surface area contributed by atoms with E-state index in [2.05, 4.69) is 0 Å². The van der Waals surface area contributed by atoms with E-state index in [0.717, 1.165) is 12.8 Å². The molecule has 0 bridgehead atoms. The van der Waals surface area contributed by atoms with Crippen LogP contribution in [0.15, 0.2) is 18.2 Å². The van der Waals surface area contributed by atoms with Gasteiger partial charge >= 0.3 is 5.97 Å². The molecule has 1 unspecified atom stereocenters. The maximum Gasteiger partial charge on any atom is 0.302 e. The Kier molecular flexibility index (Phi) is 5.76. The highest BCUT2D eigenvalue weighted by Gasteiger charge is 2.47. The van der Waals surface area contributed by atoms with Crippen LogP contribution < -0.4 is 0 Å². The summed E-state index contributed by atoms with van der Waals surface area (Å²) in [6.45, 7) is 3.10. The topological polar surface area (TPSA) is 107 Å². The first-order chi connectivity index (χ1) is 13.3. The van der Waals surface area contributed by atoms with Crippen LogP contribution in [0.1, 0.15) is 49.4 Å². The van der Waals surface area contributed by atoms with E-state index in [0.29, 0.717) is 32.5 Å². The number of benzene rings is 1. The summed E-state index contributed by atoms with van der Waals surface area (Å²) in [5, 5.41) is 19.2. The summed E-state index contributed by atoms with van der Waals surface area (Å²) in [6, 6.07) is 3.88. The minimum atomic E-state index is -0.907. The maximum absolute atomic E-state index is 13.1. The third-order valence-corrected chi connectivity index (χ3v) is 5.55. The van der Waals surface area contributed by atoms with Gasteiger partial charge in [-0.05, 0) is 43.9 Å². The number of carbonyl (C=O) groups excluding carboxylic acids is 3. The van der Waals surface area contributed by atoms with Crippen LogP contribution in [0.25, 0.3) is 0 Å². The molecule has 8 heteroatoms. The molecule has 3 rings (SSSR count). The van der Waals surface area contributed by atoms with Gasteiger partial charge in [0.1, 0.15) is 6.61 Å². The SMILES string of the molecule is CC(=O)OCC1(CC(=O)N2CCCC2)CCCN1C(=O)c1ccc(O)c(O)c1. The van der Waals surface area contributed by atoms with Crippen LogP contribution in [-0.2, 0) is 14.3 Å². The summed E-state index contributed by atoms with van der Waals surface area (Å²) in [5.41, 5.74) is -0.700. The second kappa shape index (κ2) is 8.08. The molecule has 2 aliphatic heterocycles. The Hall–Kier alpha value is -2.77. The molecule has 2 fully saturated rings. The number of rotatable bonds is 5. The summed E-state index contributed by atoms with van der Waals surface area (Å²) in [5.74, 6) is -1.57. The number of hydrogen-bond acceptors (Lipinski definition) is 6. The van der Waals surface area contributed by atoms with Crippen LogP contribution in [0.4, 0.5) is 0 Å². The summed E-state index contributed by atoms with van der Waals surface area (Å²) in [6.07, 6.45) is 3.27. The number of hydrogen-bond donors (Lipinski definition) is 2. The van der Waals surface area contributed by atoms with Gasteiger partial charge in [0.05, 0.1) is 12.0 Å². The van der Waals surface area contributed by atoms with Gasteiger partial charge in [0.25, 0.3) is 5.91 Å². The monoisotopic (exact) mass is 390 g/mol. The number of nitrogens with zero attached hydrogens (tertiary/aromatic N) is 2. The van der Waals surface area contributed by atoms with Crippen LogP contribution in [0.3, 0.4) is 0 Å². The summed E-state index contributed by atoms with van der Waals surface area (Å²) >= 11 is 0. The van der Waals surface area contributed by atoms with Gasteiger partial charge in [-0.25, -0.2) is 0 Å². The maximum atomic E-state index is 13.1. The van der Waals surface area contributed by atoms with Crippen molar-refractivity contribution in [2.24, 2.45) is 0 Å². The zero-order valence-electron chi connectivity index (χ0n) is 16.0. The van der Waals surface area contributed by atoms with Gasteiger partial charge in [0.2, 0.25) is 5.91 Å². The molecule has 2 aliphatic rings. The van der Waals surface area contributed by atoms with Gasteiger partial charge in [-0.3, -0.25) is 14.4 Å². The summed E-state index contributed by atoms with van der Waals surface area (Å²) in [4.78, 5) is 40.8. The van der Waals surface area contributed by atoms with Gasteiger partial charge in [0.15, 0.2) is 11.5 Å². The van der Waals surface area contributed by atoms with Gasteiger partial charge in [0, 0.05) is 32.1 Å². The Balaban J connectivity index is 1.87. The fourth-order valence-electron chi connectivity index (χ4n) is 4.05. The van der Waals surface area contributed by atoms with Crippen molar-refractivity contribution in [3.05, 3.63) is 23.8 Å². The molecule has 2 amide bonds. The minimum absolute atomic E-state index is 0.0436. The highest BCUT2D eigenvalue weighted by atomic mass is 16.5. The lowest BCUT2D eigenvalue weighted by molar-refractivity contribution is -0.147. The number of likely N-dealkylation sites (tertiary alicyclic amines) is 2. The Labute approximate surface area is 163 Å². The number of esters is 1. The third kappa shape index (κ3) is 4.05. The van der Waals surface area contributed by atoms with E-state index in [9.17, 15) is 24.6 Å². The van der Waals surface area contributed by atoms with Gasteiger partial charge < -0.3 is 24.7 Å². The highest BCUT2D eigenvalue weighted by molar-refractivity contribution is 5.96. The van der Waals surface area contributed by atoms with E-state index in [-0.39, 0.29) is 41.9 Å². The molecule has 0 spiro atoms. The molecule has 1 aromatic carbocycles. The van der Waals surface area contributed by atoms with Crippen molar-refractivity contribution in [1.29, 1.82) is 0 Å². The molecule has 2 heterocycles. The molecule has 0 aromatic heterocycles. The average molecular weight is 390 g/mol. The number of phenolic OH excluding ortho intramolecular Hbond substituents is 2. The van der Waals surface area contributed by atoms with Crippen molar-refractivity contribution >= 4 is 17.8 Å². The van der Waals surface area contributed by atoms with Gasteiger partial charge in [-0.2, -0.15) is 0 Å². The average Bonchev–Trinajstić information content (AvgIpc) is 3.32. The lowest BCUT2D eigenvalue weighted by atomic mass is 9.91. The quantitative estimate of drug-likeness (QED) is 0.585. The Bertz CT molecular complexity index is 774. The molecule has 1 atom stereocenters. The third-order valence-electron chi connectivity index (χ3n) is 5.55. The zero-order valence-corrected chi connectivity index (χ0v) is 16.0. The first-order valence-corrected chi connectivity index (χ1v) is 9.57. The Morgan fingerprint density at radius 1 is 1.07 bits per heavy atom. The standard InChI is InChI=1S/C20H26N2O6/c1-14(23)28-13-20(12-18(26)21-8-2-3-9-21)7-4-10-22(20)19(27)15-5-6-16(24)17(25)11-15/h5-6,11,24-25H,2-4,7-10,12-13H2,1H3.